The molecule has 1 aliphatic carbocycles. The van der Waals surface area contributed by atoms with Gasteiger partial charge in [0.15, 0.2) is 5.78 Å². The Hall–Kier alpha value is -1.21. The van der Waals surface area contributed by atoms with Gasteiger partial charge in [-0.15, -0.1) is 11.3 Å². The van der Waals surface area contributed by atoms with Gasteiger partial charge in [-0.05, 0) is 46.8 Å². The van der Waals surface area contributed by atoms with Gasteiger partial charge in [-0.3, -0.25) is 14.5 Å². The second kappa shape index (κ2) is 5.77. The van der Waals surface area contributed by atoms with Crippen LogP contribution in [0.25, 0.3) is 0 Å². The maximum Gasteiger partial charge on any atom is 0.325 e. The van der Waals surface area contributed by atoms with E-state index in [9.17, 15) is 14.4 Å². The van der Waals surface area contributed by atoms with Crippen molar-refractivity contribution in [2.24, 2.45) is 5.92 Å². The zero-order valence-corrected chi connectivity index (χ0v) is 14.6. The summed E-state index contributed by atoms with van der Waals surface area (Å²) in [6.07, 6.45) is 3.59. The fraction of sp³-hybridized carbons (Fsp3) is 0.533. The second-order valence-corrected chi connectivity index (χ2v) is 8.43. The highest BCUT2D eigenvalue weighted by Crippen LogP contribution is 2.38. The van der Waals surface area contributed by atoms with Gasteiger partial charge in [-0.2, -0.15) is 0 Å². The molecule has 1 aliphatic heterocycles. The smallest absolute Gasteiger partial charge is 0.323 e. The molecule has 2 fully saturated rings. The zero-order chi connectivity index (χ0) is 15.9. The standard InChI is InChI=1S/C15H17BrN2O3S/c1-9-4-2-3-7-15(9)13(20)18(14(21)17-15)8-10(19)11-5-6-12(16)22-11/h5-6,9H,2-4,7-8H2,1H3,(H,17,21)/t9-,15-/m0/s1. The summed E-state index contributed by atoms with van der Waals surface area (Å²) in [6, 6.07) is 3.05. The summed E-state index contributed by atoms with van der Waals surface area (Å²) in [6.45, 7) is 1.81. The van der Waals surface area contributed by atoms with Crippen LogP contribution in [-0.2, 0) is 4.79 Å². The lowest BCUT2D eigenvalue weighted by Gasteiger charge is -2.36. The van der Waals surface area contributed by atoms with Gasteiger partial charge in [0.25, 0.3) is 5.91 Å². The lowest BCUT2D eigenvalue weighted by atomic mass is 9.73. The van der Waals surface area contributed by atoms with Crippen LogP contribution in [0.1, 0.15) is 42.3 Å². The van der Waals surface area contributed by atoms with Crippen LogP contribution in [0.15, 0.2) is 15.9 Å². The van der Waals surface area contributed by atoms with Crippen molar-refractivity contribution in [1.82, 2.24) is 10.2 Å². The van der Waals surface area contributed by atoms with Gasteiger partial charge in [-0.1, -0.05) is 19.8 Å². The van der Waals surface area contributed by atoms with Crippen molar-refractivity contribution in [1.29, 1.82) is 0 Å². The van der Waals surface area contributed by atoms with Gasteiger partial charge in [-0.25, -0.2) is 4.79 Å². The van der Waals surface area contributed by atoms with Crippen molar-refractivity contribution in [3.63, 3.8) is 0 Å². The van der Waals surface area contributed by atoms with Crippen LogP contribution in [0.2, 0.25) is 0 Å². The first-order valence-corrected chi connectivity index (χ1v) is 8.97. The average molecular weight is 385 g/mol. The number of nitrogens with zero attached hydrogens (tertiary/aromatic N) is 1. The molecule has 1 saturated heterocycles. The first-order chi connectivity index (χ1) is 10.4. The Kier molecular flexibility index (Phi) is 4.11. The highest BCUT2D eigenvalue weighted by atomic mass is 79.9. The third kappa shape index (κ3) is 2.50. The van der Waals surface area contributed by atoms with E-state index in [4.69, 9.17) is 0 Å². The Labute approximate surface area is 141 Å². The molecule has 0 unspecified atom stereocenters. The summed E-state index contributed by atoms with van der Waals surface area (Å²) < 4.78 is 0.852. The van der Waals surface area contributed by atoms with Crippen LogP contribution in [0, 0.1) is 5.92 Å². The Morgan fingerprint density at radius 2 is 2.23 bits per heavy atom. The van der Waals surface area contributed by atoms with Crippen molar-refractivity contribution >= 4 is 45.0 Å². The summed E-state index contributed by atoms with van der Waals surface area (Å²) in [5.41, 5.74) is -0.800. The number of ketones is 1. The topological polar surface area (TPSA) is 66.5 Å². The van der Waals surface area contributed by atoms with E-state index in [1.54, 1.807) is 12.1 Å². The number of thiophene rings is 1. The maximum absolute atomic E-state index is 12.8. The number of carbonyl (C=O) groups excluding carboxylic acids is 3. The minimum absolute atomic E-state index is 0.105. The molecule has 1 aromatic rings. The fourth-order valence-electron chi connectivity index (χ4n) is 3.32. The van der Waals surface area contributed by atoms with E-state index in [0.717, 1.165) is 27.9 Å². The summed E-state index contributed by atoms with van der Waals surface area (Å²) >= 11 is 4.62. The van der Waals surface area contributed by atoms with Crippen molar-refractivity contribution < 1.29 is 14.4 Å². The maximum atomic E-state index is 12.8. The number of carbonyl (C=O) groups is 3. The average Bonchev–Trinajstić information content (AvgIpc) is 3.01. The molecule has 2 atom stereocenters. The number of hydrogen-bond acceptors (Lipinski definition) is 4. The van der Waals surface area contributed by atoms with Crippen LogP contribution < -0.4 is 5.32 Å². The summed E-state index contributed by atoms with van der Waals surface area (Å²) in [5, 5.41) is 2.86. The van der Waals surface area contributed by atoms with Gasteiger partial charge < -0.3 is 5.32 Å². The molecule has 0 bridgehead atoms. The number of hydrogen-bond donors (Lipinski definition) is 1. The number of halogens is 1. The predicted molar refractivity (Wildman–Crippen MR) is 87.0 cm³/mol. The third-order valence-corrected chi connectivity index (χ3v) is 6.32. The summed E-state index contributed by atoms with van der Waals surface area (Å²) in [5.74, 6) is -0.345. The van der Waals surface area contributed by atoms with Crippen LogP contribution in [-0.4, -0.2) is 34.7 Å². The second-order valence-electron chi connectivity index (χ2n) is 5.97. The van der Waals surface area contributed by atoms with E-state index in [1.807, 2.05) is 6.92 Å². The third-order valence-electron chi connectivity index (χ3n) is 4.65. The van der Waals surface area contributed by atoms with Crippen LogP contribution >= 0.6 is 27.3 Å². The fourth-order valence-corrected chi connectivity index (χ4v) is 4.64. The highest BCUT2D eigenvalue weighted by molar-refractivity contribution is 9.11. The number of rotatable bonds is 3. The number of Topliss-reactive ketones (excluding diaryl/α,β-unsaturated/α-hetero) is 1. The molecular formula is C15H17BrN2O3S. The molecule has 22 heavy (non-hydrogen) atoms. The van der Waals surface area contributed by atoms with Gasteiger partial charge >= 0.3 is 6.03 Å². The lowest BCUT2D eigenvalue weighted by molar-refractivity contribution is -0.133. The Morgan fingerprint density at radius 1 is 1.45 bits per heavy atom. The van der Waals surface area contributed by atoms with Crippen molar-refractivity contribution in [3.05, 3.63) is 20.8 Å². The Morgan fingerprint density at radius 3 is 2.86 bits per heavy atom. The zero-order valence-electron chi connectivity index (χ0n) is 12.2. The van der Waals surface area contributed by atoms with E-state index in [1.165, 1.54) is 11.3 Å². The molecule has 3 amide bonds. The number of nitrogens with one attached hydrogen (secondary N) is 1. The van der Waals surface area contributed by atoms with Crippen LogP contribution in [0.5, 0.6) is 0 Å². The van der Waals surface area contributed by atoms with Crippen molar-refractivity contribution in [2.75, 3.05) is 6.54 Å². The molecule has 5 nitrogen and oxygen atoms in total. The van der Waals surface area contributed by atoms with Crippen LogP contribution in [0.3, 0.4) is 0 Å². The van der Waals surface area contributed by atoms with E-state index < -0.39 is 11.6 Å². The first kappa shape index (κ1) is 15.7. The van der Waals surface area contributed by atoms with Gasteiger partial charge in [0, 0.05) is 0 Å². The molecule has 1 aromatic heterocycles. The van der Waals surface area contributed by atoms with E-state index >= 15 is 0 Å². The Bertz CT molecular complexity index is 644. The molecular weight excluding hydrogens is 368 g/mol. The quantitative estimate of drug-likeness (QED) is 0.642. The van der Waals surface area contributed by atoms with E-state index in [0.29, 0.717) is 11.3 Å². The molecule has 2 aliphatic rings. The van der Waals surface area contributed by atoms with E-state index in [-0.39, 0.29) is 24.2 Å². The largest absolute Gasteiger partial charge is 0.325 e. The lowest BCUT2D eigenvalue weighted by Crippen LogP contribution is -2.54. The molecule has 1 spiro atoms. The molecule has 0 aromatic carbocycles. The molecule has 1 saturated carbocycles. The highest BCUT2D eigenvalue weighted by Gasteiger charge is 2.55. The van der Waals surface area contributed by atoms with E-state index in [2.05, 4.69) is 21.2 Å². The van der Waals surface area contributed by atoms with Gasteiger partial charge in [0.1, 0.15) is 5.54 Å². The number of urea groups is 1. The monoisotopic (exact) mass is 384 g/mol. The molecule has 2 heterocycles. The number of imide groups is 1. The molecule has 0 radical (unpaired) electrons. The molecule has 3 rings (SSSR count). The Balaban J connectivity index is 1.79. The minimum atomic E-state index is -0.800. The SMILES string of the molecule is C[C@H]1CCCC[C@]12NC(=O)N(CC(=O)c1ccc(Br)s1)C2=O. The minimum Gasteiger partial charge on any atom is -0.323 e. The predicted octanol–water partition coefficient (Wildman–Crippen LogP) is 3.19. The van der Waals surface area contributed by atoms with Crippen molar-refractivity contribution in [2.45, 2.75) is 38.1 Å². The van der Waals surface area contributed by atoms with Crippen molar-refractivity contribution in [3.8, 4) is 0 Å². The summed E-state index contributed by atoms with van der Waals surface area (Å²) in [7, 11) is 0. The molecule has 1 N–H and O–H groups in total. The number of amides is 3. The van der Waals surface area contributed by atoms with Gasteiger partial charge in [0.05, 0.1) is 15.2 Å². The molecule has 118 valence electrons. The first-order valence-electron chi connectivity index (χ1n) is 7.37. The van der Waals surface area contributed by atoms with Crippen LogP contribution in [0.4, 0.5) is 4.79 Å². The summed E-state index contributed by atoms with van der Waals surface area (Å²) in [4.78, 5) is 38.9. The van der Waals surface area contributed by atoms with Gasteiger partial charge in [0.2, 0.25) is 0 Å². The normalized spacial score (nSPS) is 28.3. The molecule has 7 heteroatoms.